The van der Waals surface area contributed by atoms with E-state index in [4.69, 9.17) is 40.7 Å². The number of hydrogen-bond acceptors (Lipinski definition) is 15. The van der Waals surface area contributed by atoms with Gasteiger partial charge >= 0.3 is 18.2 Å². The van der Waals surface area contributed by atoms with E-state index >= 15 is 0 Å². The number of anilines is 1. The fraction of sp³-hybridized carbons (Fsp3) is 0.395. The van der Waals surface area contributed by atoms with E-state index in [-0.39, 0.29) is 43.1 Å². The van der Waals surface area contributed by atoms with Gasteiger partial charge < -0.3 is 45.0 Å². The minimum absolute atomic E-state index is 0.0236. The zero-order chi connectivity index (χ0) is 45.6. The second-order valence-corrected chi connectivity index (χ2v) is 17.0. The number of nitrogen functional groups attached to an aromatic ring is 1. The Kier molecular flexibility index (Phi) is 17.0. The molecule has 0 spiro atoms. The van der Waals surface area contributed by atoms with Crippen LogP contribution in [0.15, 0.2) is 64.2 Å². The molecule has 328 valence electrons. The number of ether oxygens (including phenoxy) is 4. The molecular formula is C43H49ClN8O9S. The Morgan fingerprint density at radius 3 is 2.13 bits per heavy atom. The number of esters is 1. The minimum Gasteiger partial charge on any atom is -0.493 e. The van der Waals surface area contributed by atoms with Crippen molar-refractivity contribution in [2.24, 2.45) is 0 Å². The highest BCUT2D eigenvalue weighted by Crippen LogP contribution is 2.37. The van der Waals surface area contributed by atoms with E-state index in [0.717, 1.165) is 5.56 Å². The number of benzene rings is 2. The summed E-state index contributed by atoms with van der Waals surface area (Å²) in [5.41, 5.74) is 7.11. The van der Waals surface area contributed by atoms with Crippen LogP contribution in [0, 0.1) is 22.7 Å². The number of rotatable bonds is 17. The van der Waals surface area contributed by atoms with Gasteiger partial charge in [-0.2, -0.15) is 10.5 Å². The van der Waals surface area contributed by atoms with Crippen LogP contribution in [0.5, 0.6) is 5.75 Å². The van der Waals surface area contributed by atoms with Crippen molar-refractivity contribution < 1.29 is 42.5 Å². The Hall–Kier alpha value is -6.50. The van der Waals surface area contributed by atoms with Gasteiger partial charge in [0.2, 0.25) is 11.8 Å². The number of hydrogen-bond donors (Lipinski definition) is 4. The molecule has 3 amide bonds. The van der Waals surface area contributed by atoms with Gasteiger partial charge in [0.25, 0.3) is 0 Å². The van der Waals surface area contributed by atoms with Crippen molar-refractivity contribution in [1.82, 2.24) is 25.9 Å². The van der Waals surface area contributed by atoms with Crippen LogP contribution in [-0.2, 0) is 29.6 Å². The summed E-state index contributed by atoms with van der Waals surface area (Å²) in [7, 11) is 0. The molecule has 0 radical (unpaired) electrons. The summed E-state index contributed by atoms with van der Waals surface area (Å²) in [6, 6.07) is 15.8. The zero-order valence-corrected chi connectivity index (χ0v) is 37.0. The number of carbonyl (C=O) groups excluding carboxylic acids is 4. The van der Waals surface area contributed by atoms with Crippen LogP contribution in [-0.4, -0.2) is 77.1 Å². The van der Waals surface area contributed by atoms with E-state index in [0.29, 0.717) is 50.7 Å². The maximum atomic E-state index is 13.1. The number of thioether (sulfide) groups is 1. The highest BCUT2D eigenvalue weighted by Gasteiger charge is 2.28. The molecule has 0 saturated heterocycles. The number of carbonyl (C=O) groups is 4. The van der Waals surface area contributed by atoms with Crippen molar-refractivity contribution in [3.8, 4) is 40.5 Å². The monoisotopic (exact) mass is 888 g/mol. The van der Waals surface area contributed by atoms with E-state index in [1.54, 1.807) is 90.1 Å². The Morgan fingerprint density at radius 2 is 1.50 bits per heavy atom. The lowest BCUT2D eigenvalue weighted by Gasteiger charge is -2.24. The van der Waals surface area contributed by atoms with Crippen molar-refractivity contribution in [2.45, 2.75) is 95.4 Å². The Morgan fingerprint density at radius 1 is 0.871 bits per heavy atom. The number of halogens is 1. The lowest BCUT2D eigenvalue weighted by atomic mass is 9.97. The van der Waals surface area contributed by atoms with Crippen LogP contribution in [0.25, 0.3) is 22.6 Å². The first-order valence-corrected chi connectivity index (χ1v) is 20.8. The number of nitrogens with two attached hydrogens (primary N) is 1. The second-order valence-electron chi connectivity index (χ2n) is 15.6. The highest BCUT2D eigenvalue weighted by atomic mass is 35.5. The summed E-state index contributed by atoms with van der Waals surface area (Å²) in [6.45, 7) is 11.7. The fourth-order valence-corrected chi connectivity index (χ4v) is 6.42. The Labute approximate surface area is 369 Å². The summed E-state index contributed by atoms with van der Waals surface area (Å²) >= 11 is 7.22. The number of nitrogens with one attached hydrogen (secondary N) is 3. The molecule has 2 aromatic carbocycles. The SMILES string of the molecule is C[C@H](NC(=O)[C@H](CCNC(=O)OC(C)(C)C)NC(=O)OC(C)(C)C)C(=O)OCCCOc1ccc(-c2c(C#N)c(N)nc(SCc3coc(-c4ccc(Cl)cc4)n3)c2C#N)cc1. The van der Waals surface area contributed by atoms with Crippen LogP contribution in [0.2, 0.25) is 5.02 Å². The number of nitriles is 2. The number of alkyl carbamates (subject to hydrolysis) is 2. The van der Waals surface area contributed by atoms with Gasteiger partial charge in [0.05, 0.1) is 24.5 Å². The van der Waals surface area contributed by atoms with Gasteiger partial charge in [-0.25, -0.2) is 24.4 Å². The van der Waals surface area contributed by atoms with E-state index in [2.05, 4.69) is 38.1 Å². The predicted molar refractivity (Wildman–Crippen MR) is 231 cm³/mol. The third-order valence-corrected chi connectivity index (χ3v) is 9.44. The first kappa shape index (κ1) is 48.2. The third kappa shape index (κ3) is 14.9. The molecule has 5 N–H and O–H groups in total. The molecule has 0 fully saturated rings. The molecule has 4 rings (SSSR count). The molecule has 19 heteroatoms. The van der Waals surface area contributed by atoms with Crippen LogP contribution in [0.4, 0.5) is 15.4 Å². The molecule has 2 heterocycles. The molecule has 62 heavy (non-hydrogen) atoms. The van der Waals surface area contributed by atoms with E-state index in [9.17, 15) is 29.7 Å². The van der Waals surface area contributed by atoms with Crippen LogP contribution in [0.1, 0.15) is 78.1 Å². The maximum Gasteiger partial charge on any atom is 0.408 e. The normalized spacial score (nSPS) is 12.2. The Balaban J connectivity index is 1.29. The minimum atomic E-state index is -1.16. The van der Waals surface area contributed by atoms with Gasteiger partial charge in [-0.15, -0.1) is 0 Å². The van der Waals surface area contributed by atoms with Crippen LogP contribution >= 0.6 is 23.4 Å². The topological polar surface area (TPSA) is 254 Å². The van der Waals surface area contributed by atoms with E-state index in [1.807, 2.05) is 0 Å². The van der Waals surface area contributed by atoms with E-state index in [1.165, 1.54) is 24.9 Å². The molecule has 0 saturated carbocycles. The molecule has 17 nitrogen and oxygen atoms in total. The third-order valence-electron chi connectivity index (χ3n) is 8.18. The average molecular weight is 889 g/mol. The molecule has 0 aliphatic heterocycles. The molecule has 0 bridgehead atoms. The van der Waals surface area contributed by atoms with Gasteiger partial charge in [-0.1, -0.05) is 35.5 Å². The lowest BCUT2D eigenvalue weighted by molar-refractivity contribution is -0.147. The number of oxazole rings is 1. The van der Waals surface area contributed by atoms with Gasteiger partial charge in [0.15, 0.2) is 0 Å². The maximum absolute atomic E-state index is 13.1. The average Bonchev–Trinajstić information content (AvgIpc) is 3.67. The molecule has 4 aromatic rings. The zero-order valence-electron chi connectivity index (χ0n) is 35.4. The summed E-state index contributed by atoms with van der Waals surface area (Å²) < 4.78 is 27.3. The van der Waals surface area contributed by atoms with Crippen molar-refractivity contribution in [1.29, 1.82) is 10.5 Å². The summed E-state index contributed by atoms with van der Waals surface area (Å²) in [4.78, 5) is 59.3. The Bertz CT molecular complexity index is 2290. The number of nitrogens with zero attached hydrogens (tertiary/aromatic N) is 4. The number of aromatic nitrogens is 2. The summed E-state index contributed by atoms with van der Waals surface area (Å²) in [6.07, 6.45) is 0.247. The van der Waals surface area contributed by atoms with Gasteiger partial charge in [-0.3, -0.25) is 4.79 Å². The number of pyridine rings is 1. The van der Waals surface area contributed by atoms with Crippen molar-refractivity contribution in [2.75, 3.05) is 25.5 Å². The second kappa shape index (κ2) is 21.8. The first-order chi connectivity index (χ1) is 29.3. The first-order valence-electron chi connectivity index (χ1n) is 19.4. The van der Waals surface area contributed by atoms with Crippen molar-refractivity contribution in [3.63, 3.8) is 0 Å². The number of amides is 3. The van der Waals surface area contributed by atoms with Crippen LogP contribution < -0.4 is 26.4 Å². The van der Waals surface area contributed by atoms with Crippen molar-refractivity contribution >= 4 is 53.2 Å². The molecule has 0 unspecified atom stereocenters. The molecule has 0 aliphatic rings. The quantitative estimate of drug-likeness (QED) is 0.0351. The van der Waals surface area contributed by atoms with Gasteiger partial charge in [-0.05, 0) is 96.8 Å². The standard InChI is InChI=1S/C43H49ClN8O9S/c1-25(49-36(53)33(51-41(56)61-43(5,6)7)17-18-48-40(55)60-42(2,3)4)39(54)58-20-8-19-57-30-15-11-26(12-16-30)34-31(21-45)35(47)52-38(32(34)22-46)62-24-29-23-59-37(50-29)27-9-13-28(44)14-10-27/h9-16,23,25,33H,8,17-20,24H2,1-7H3,(H2,47,52)(H,48,55)(H,49,53)(H,51,56)/t25-,33-/m0/s1. The summed E-state index contributed by atoms with van der Waals surface area (Å²) in [5.74, 6) is -0.243. The van der Waals surface area contributed by atoms with Gasteiger partial charge in [0.1, 0.15) is 63.8 Å². The largest absolute Gasteiger partial charge is 0.493 e. The molecule has 0 aliphatic carbocycles. The van der Waals surface area contributed by atoms with E-state index < -0.39 is 47.3 Å². The lowest BCUT2D eigenvalue weighted by Crippen LogP contribution is -2.52. The van der Waals surface area contributed by atoms with Crippen molar-refractivity contribution in [3.05, 3.63) is 76.6 Å². The predicted octanol–water partition coefficient (Wildman–Crippen LogP) is 7.30. The fourth-order valence-electron chi connectivity index (χ4n) is 5.42. The highest BCUT2D eigenvalue weighted by molar-refractivity contribution is 7.98. The smallest absolute Gasteiger partial charge is 0.408 e. The van der Waals surface area contributed by atoms with Gasteiger partial charge in [0, 0.05) is 34.9 Å². The molecule has 2 aromatic heterocycles. The molecular weight excluding hydrogens is 840 g/mol. The summed E-state index contributed by atoms with van der Waals surface area (Å²) in [5, 5.41) is 28.7. The molecule has 2 atom stereocenters. The van der Waals surface area contributed by atoms with Crippen LogP contribution in [0.3, 0.4) is 0 Å².